The van der Waals surface area contributed by atoms with Crippen LogP contribution in [-0.2, 0) is 19.8 Å². The summed E-state index contributed by atoms with van der Waals surface area (Å²) in [6.45, 7) is 3.86. The number of imide groups is 1. The van der Waals surface area contributed by atoms with Gasteiger partial charge in [0.25, 0.3) is 0 Å². The molecule has 0 saturated carbocycles. The molecule has 0 aromatic heterocycles. The molecule has 7 rings (SSSR count). The van der Waals surface area contributed by atoms with Gasteiger partial charge in [0.15, 0.2) is 0 Å². The van der Waals surface area contributed by atoms with Crippen molar-refractivity contribution in [1.82, 2.24) is 0 Å². The van der Waals surface area contributed by atoms with E-state index in [9.17, 15) is 14.4 Å². The fraction of sp³-hybridized carbons (Fsp3) is 0.222. The molecule has 1 aliphatic heterocycles. The van der Waals surface area contributed by atoms with Crippen molar-refractivity contribution in [3.8, 4) is 0 Å². The predicted molar refractivity (Wildman–Crippen MR) is 117 cm³/mol. The summed E-state index contributed by atoms with van der Waals surface area (Å²) >= 11 is 0. The molecule has 4 aliphatic rings. The first-order chi connectivity index (χ1) is 15.0. The molecule has 3 aromatic carbocycles. The van der Waals surface area contributed by atoms with Crippen LogP contribution in [0.15, 0.2) is 66.7 Å². The summed E-state index contributed by atoms with van der Waals surface area (Å²) in [5, 5.41) is 0. The molecule has 4 heteroatoms. The monoisotopic (exact) mass is 407 g/mol. The lowest BCUT2D eigenvalue weighted by atomic mass is 9.48. The van der Waals surface area contributed by atoms with Crippen LogP contribution in [-0.4, -0.2) is 18.1 Å². The number of hydrogen-bond acceptors (Lipinski definition) is 3. The molecule has 1 fully saturated rings. The number of hydrogen-bond donors (Lipinski definition) is 0. The van der Waals surface area contributed by atoms with Gasteiger partial charge in [-0.3, -0.25) is 9.59 Å². The minimum atomic E-state index is -1.15. The SMILES string of the molecule is Cc1ccc(C)c(N2C(=O)[C@@H]3C4c5ccccc5C(C=O)(c5ccccc54)[C@H]3C2=O)c1. The standard InChI is InChI=1S/C27H21NO3/c1-15-11-12-16(2)21(13-15)28-25(30)23-22-17-7-3-5-9-19(17)27(14-29,24(23)26(28)31)20-10-6-4-8-18(20)22/h3-14,22-24H,1-2H3/t22?,23-,24-,27?/m1/s1. The lowest BCUT2D eigenvalue weighted by Crippen LogP contribution is -2.54. The van der Waals surface area contributed by atoms with Gasteiger partial charge in [-0.05, 0) is 53.3 Å². The second kappa shape index (κ2) is 6.01. The van der Waals surface area contributed by atoms with Crippen molar-refractivity contribution < 1.29 is 14.4 Å². The van der Waals surface area contributed by atoms with Gasteiger partial charge < -0.3 is 4.79 Å². The third kappa shape index (κ3) is 2.03. The Morgan fingerprint density at radius 2 is 1.45 bits per heavy atom. The highest BCUT2D eigenvalue weighted by Gasteiger charge is 2.68. The minimum absolute atomic E-state index is 0.205. The van der Waals surface area contributed by atoms with Crippen LogP contribution < -0.4 is 4.90 Å². The fourth-order valence-electron chi connectivity index (χ4n) is 6.23. The lowest BCUT2D eigenvalue weighted by Gasteiger charge is -2.51. The summed E-state index contributed by atoms with van der Waals surface area (Å²) in [4.78, 5) is 42.1. The number of aryl methyl sites for hydroxylation is 2. The molecule has 4 nitrogen and oxygen atoms in total. The molecule has 31 heavy (non-hydrogen) atoms. The maximum atomic E-state index is 13.9. The van der Waals surface area contributed by atoms with E-state index in [-0.39, 0.29) is 17.7 Å². The molecule has 2 bridgehead atoms. The Morgan fingerprint density at radius 1 is 0.839 bits per heavy atom. The summed E-state index contributed by atoms with van der Waals surface area (Å²) in [6.07, 6.45) is 0.912. The molecule has 0 unspecified atom stereocenters. The summed E-state index contributed by atoms with van der Waals surface area (Å²) in [5.41, 5.74) is 5.02. The third-order valence-corrected chi connectivity index (χ3v) is 7.48. The van der Waals surface area contributed by atoms with Gasteiger partial charge in [-0.15, -0.1) is 0 Å². The van der Waals surface area contributed by atoms with Crippen molar-refractivity contribution in [2.75, 3.05) is 4.90 Å². The molecule has 1 saturated heterocycles. The second-order valence-corrected chi connectivity index (χ2v) is 8.94. The minimum Gasteiger partial charge on any atom is -0.302 e. The number of rotatable bonds is 2. The average molecular weight is 407 g/mol. The molecule has 1 heterocycles. The molecule has 0 spiro atoms. The summed E-state index contributed by atoms with van der Waals surface area (Å²) in [6, 6.07) is 21.4. The van der Waals surface area contributed by atoms with Crippen molar-refractivity contribution in [1.29, 1.82) is 0 Å². The number of benzene rings is 3. The predicted octanol–water partition coefficient (Wildman–Crippen LogP) is 4.05. The topological polar surface area (TPSA) is 54.5 Å². The Hall–Kier alpha value is -3.53. The largest absolute Gasteiger partial charge is 0.302 e. The van der Waals surface area contributed by atoms with Crippen LogP contribution in [0.5, 0.6) is 0 Å². The molecule has 0 N–H and O–H groups in total. The van der Waals surface area contributed by atoms with Crippen molar-refractivity contribution in [3.05, 3.63) is 100 Å². The molecule has 2 atom stereocenters. The van der Waals surface area contributed by atoms with Gasteiger partial charge in [0.05, 0.1) is 22.9 Å². The van der Waals surface area contributed by atoms with Crippen molar-refractivity contribution >= 4 is 23.8 Å². The van der Waals surface area contributed by atoms with Crippen molar-refractivity contribution in [2.24, 2.45) is 11.8 Å². The van der Waals surface area contributed by atoms with E-state index in [4.69, 9.17) is 0 Å². The molecule has 0 radical (unpaired) electrons. The number of anilines is 1. The van der Waals surface area contributed by atoms with Crippen LogP contribution in [0.4, 0.5) is 5.69 Å². The first kappa shape index (κ1) is 18.3. The molecular formula is C27H21NO3. The Bertz CT molecular complexity index is 1260. The maximum Gasteiger partial charge on any atom is 0.239 e. The first-order valence-electron chi connectivity index (χ1n) is 10.6. The zero-order valence-corrected chi connectivity index (χ0v) is 17.3. The summed E-state index contributed by atoms with van der Waals surface area (Å²) < 4.78 is 0. The highest BCUT2D eigenvalue weighted by molar-refractivity contribution is 6.25. The molecule has 2 amide bonds. The maximum absolute atomic E-state index is 13.9. The zero-order chi connectivity index (χ0) is 21.5. The summed E-state index contributed by atoms with van der Waals surface area (Å²) in [5.74, 6) is -2.02. The molecule has 152 valence electrons. The Morgan fingerprint density at radius 3 is 2.06 bits per heavy atom. The third-order valence-electron chi connectivity index (χ3n) is 7.48. The lowest BCUT2D eigenvalue weighted by molar-refractivity contribution is -0.128. The second-order valence-electron chi connectivity index (χ2n) is 8.94. The smallest absolute Gasteiger partial charge is 0.239 e. The zero-order valence-electron chi connectivity index (χ0n) is 17.3. The van der Waals surface area contributed by atoms with Crippen molar-refractivity contribution in [2.45, 2.75) is 25.2 Å². The Balaban J connectivity index is 1.66. The fourth-order valence-corrected chi connectivity index (χ4v) is 6.23. The van der Waals surface area contributed by atoms with E-state index in [0.29, 0.717) is 5.69 Å². The number of carbonyl (C=O) groups is 3. The Kier molecular flexibility index (Phi) is 3.54. The van der Waals surface area contributed by atoms with Gasteiger partial charge in [-0.1, -0.05) is 60.7 Å². The van der Waals surface area contributed by atoms with E-state index in [1.807, 2.05) is 80.6 Å². The number of nitrogens with zero attached hydrogens (tertiary/aromatic N) is 1. The highest BCUT2D eigenvalue weighted by Crippen LogP contribution is 2.63. The van der Waals surface area contributed by atoms with Crippen molar-refractivity contribution in [3.63, 3.8) is 0 Å². The van der Waals surface area contributed by atoms with E-state index in [2.05, 4.69) is 0 Å². The van der Waals surface area contributed by atoms with Gasteiger partial charge in [0, 0.05) is 5.92 Å². The van der Waals surface area contributed by atoms with Crippen LogP contribution in [0.1, 0.15) is 39.3 Å². The van der Waals surface area contributed by atoms with Gasteiger partial charge >= 0.3 is 0 Å². The van der Waals surface area contributed by atoms with Gasteiger partial charge in [-0.25, -0.2) is 4.90 Å². The van der Waals surface area contributed by atoms with E-state index >= 15 is 0 Å². The van der Waals surface area contributed by atoms with Crippen LogP contribution in [0, 0.1) is 25.7 Å². The quantitative estimate of drug-likeness (QED) is 0.476. The average Bonchev–Trinajstić information content (AvgIpc) is 3.06. The Labute approximate surface area is 180 Å². The van der Waals surface area contributed by atoms with Gasteiger partial charge in [0.1, 0.15) is 6.29 Å². The number of amides is 2. The van der Waals surface area contributed by atoms with Crippen LogP contribution in [0.25, 0.3) is 0 Å². The van der Waals surface area contributed by atoms with Crippen LogP contribution in [0.2, 0.25) is 0 Å². The number of carbonyl (C=O) groups excluding carboxylic acids is 3. The van der Waals surface area contributed by atoms with Gasteiger partial charge in [0.2, 0.25) is 11.8 Å². The molecule has 3 aliphatic carbocycles. The summed E-state index contributed by atoms with van der Waals surface area (Å²) in [7, 11) is 0. The molecule has 3 aromatic rings. The van der Waals surface area contributed by atoms with E-state index in [0.717, 1.165) is 39.7 Å². The number of aldehydes is 1. The normalized spacial score (nSPS) is 27.7. The highest BCUT2D eigenvalue weighted by atomic mass is 16.2. The van der Waals surface area contributed by atoms with E-state index in [1.54, 1.807) is 0 Å². The van der Waals surface area contributed by atoms with Crippen LogP contribution >= 0.6 is 0 Å². The van der Waals surface area contributed by atoms with Gasteiger partial charge in [-0.2, -0.15) is 0 Å². The van der Waals surface area contributed by atoms with E-state index in [1.165, 1.54) is 4.90 Å². The van der Waals surface area contributed by atoms with Crippen LogP contribution in [0.3, 0.4) is 0 Å². The van der Waals surface area contributed by atoms with E-state index < -0.39 is 17.3 Å². The molecular weight excluding hydrogens is 386 g/mol. The first-order valence-corrected chi connectivity index (χ1v) is 10.6.